The Balaban J connectivity index is 1.63. The summed E-state index contributed by atoms with van der Waals surface area (Å²) in [5.41, 5.74) is 1.01. The van der Waals surface area contributed by atoms with Crippen molar-refractivity contribution < 1.29 is 8.42 Å². The molecule has 2 aromatic rings. The molecular formula is C17H24N6O2S. The van der Waals surface area contributed by atoms with Crippen LogP contribution in [0.25, 0.3) is 5.82 Å². The van der Waals surface area contributed by atoms with Crippen LogP contribution >= 0.6 is 0 Å². The van der Waals surface area contributed by atoms with Gasteiger partial charge < -0.3 is 10.2 Å². The van der Waals surface area contributed by atoms with Crippen LogP contribution in [0.5, 0.6) is 0 Å². The molecule has 0 spiro atoms. The first kappa shape index (κ1) is 18.4. The maximum atomic E-state index is 12.2. The van der Waals surface area contributed by atoms with Crippen molar-refractivity contribution in [2.45, 2.75) is 25.1 Å². The molecule has 0 atom stereocenters. The molecule has 0 unspecified atom stereocenters. The predicted octanol–water partition coefficient (Wildman–Crippen LogP) is 0.852. The van der Waals surface area contributed by atoms with Crippen molar-refractivity contribution in [3.8, 4) is 5.82 Å². The van der Waals surface area contributed by atoms with Crippen LogP contribution in [-0.4, -0.2) is 64.4 Å². The molecular weight excluding hydrogens is 352 g/mol. The molecule has 0 bridgehead atoms. The predicted molar refractivity (Wildman–Crippen MR) is 101 cm³/mol. The fourth-order valence-corrected chi connectivity index (χ4v) is 4.27. The minimum Gasteiger partial charge on any atom is -0.352 e. The van der Waals surface area contributed by atoms with Gasteiger partial charge in [0.15, 0.2) is 15.8 Å². The number of nitrogens with one attached hydrogen (secondary N) is 1. The second-order valence-electron chi connectivity index (χ2n) is 6.90. The Morgan fingerprint density at radius 2 is 2.19 bits per heavy atom. The van der Waals surface area contributed by atoms with Gasteiger partial charge >= 0.3 is 0 Å². The molecule has 140 valence electrons. The third-order valence-corrected chi connectivity index (χ3v) is 7.12. The summed E-state index contributed by atoms with van der Waals surface area (Å²) in [6.07, 6.45) is 7.06. The third kappa shape index (κ3) is 3.72. The zero-order valence-electron chi connectivity index (χ0n) is 15.3. The van der Waals surface area contributed by atoms with Gasteiger partial charge in [0, 0.05) is 45.3 Å². The molecule has 2 aromatic heterocycles. The summed E-state index contributed by atoms with van der Waals surface area (Å²) in [6.45, 7) is 4.96. The SMILES string of the molecule is CN=C(NCc1ccc(-n2ccnc2)nc1)N1CCS(=O)(=O)C(C)(C)C1. The smallest absolute Gasteiger partial charge is 0.193 e. The van der Waals surface area contributed by atoms with Crippen LogP contribution in [-0.2, 0) is 16.4 Å². The van der Waals surface area contributed by atoms with Crippen LogP contribution in [0.1, 0.15) is 19.4 Å². The largest absolute Gasteiger partial charge is 0.352 e. The van der Waals surface area contributed by atoms with Crippen LogP contribution < -0.4 is 5.32 Å². The van der Waals surface area contributed by atoms with Gasteiger partial charge in [-0.05, 0) is 25.5 Å². The zero-order valence-corrected chi connectivity index (χ0v) is 16.1. The number of guanidine groups is 1. The number of aliphatic imine (C=N–C) groups is 1. The molecule has 8 nitrogen and oxygen atoms in total. The minimum absolute atomic E-state index is 0.141. The van der Waals surface area contributed by atoms with E-state index in [4.69, 9.17) is 0 Å². The minimum atomic E-state index is -3.07. The van der Waals surface area contributed by atoms with Crippen molar-refractivity contribution in [3.63, 3.8) is 0 Å². The molecule has 1 aliphatic rings. The molecule has 0 radical (unpaired) electrons. The molecule has 1 saturated heterocycles. The van der Waals surface area contributed by atoms with E-state index in [2.05, 4.69) is 20.3 Å². The van der Waals surface area contributed by atoms with Crippen molar-refractivity contribution >= 4 is 15.8 Å². The van der Waals surface area contributed by atoms with E-state index in [0.29, 0.717) is 25.6 Å². The van der Waals surface area contributed by atoms with E-state index >= 15 is 0 Å². The Hall–Kier alpha value is -2.42. The Kier molecular flexibility index (Phi) is 4.99. The number of pyridine rings is 1. The number of aromatic nitrogens is 3. The first-order valence-electron chi connectivity index (χ1n) is 8.43. The van der Waals surface area contributed by atoms with Gasteiger partial charge in [-0.15, -0.1) is 0 Å². The number of hydrogen-bond acceptors (Lipinski definition) is 5. The highest BCUT2D eigenvalue weighted by molar-refractivity contribution is 7.92. The molecule has 1 fully saturated rings. The highest BCUT2D eigenvalue weighted by Gasteiger charge is 2.40. The van der Waals surface area contributed by atoms with Crippen LogP contribution in [0.15, 0.2) is 42.0 Å². The monoisotopic (exact) mass is 376 g/mol. The fourth-order valence-electron chi connectivity index (χ4n) is 2.91. The third-order valence-electron chi connectivity index (χ3n) is 4.58. The van der Waals surface area contributed by atoms with Crippen molar-refractivity contribution in [3.05, 3.63) is 42.6 Å². The standard InChI is InChI=1S/C17H24N6O2S/c1-17(2)12-22(8-9-26(17,24)25)16(18-3)21-11-14-4-5-15(20-10-14)23-7-6-19-13-23/h4-7,10,13H,8-9,11-12H2,1-3H3,(H,18,21). The lowest BCUT2D eigenvalue weighted by Gasteiger charge is -2.39. The molecule has 3 heterocycles. The number of rotatable bonds is 3. The number of sulfone groups is 1. The van der Waals surface area contributed by atoms with E-state index < -0.39 is 14.6 Å². The Bertz CT molecular complexity index is 872. The van der Waals surface area contributed by atoms with Gasteiger partial charge in [0.05, 0.1) is 10.5 Å². The molecule has 1 N–H and O–H groups in total. The molecule has 9 heteroatoms. The Morgan fingerprint density at radius 3 is 2.77 bits per heavy atom. The topological polar surface area (TPSA) is 92.5 Å². The summed E-state index contributed by atoms with van der Waals surface area (Å²) in [4.78, 5) is 14.7. The molecule has 0 saturated carbocycles. The Labute approximate surface area is 153 Å². The molecule has 26 heavy (non-hydrogen) atoms. The van der Waals surface area contributed by atoms with Gasteiger partial charge in [0.2, 0.25) is 0 Å². The Morgan fingerprint density at radius 1 is 1.38 bits per heavy atom. The lowest BCUT2D eigenvalue weighted by atomic mass is 10.2. The second kappa shape index (κ2) is 7.06. The molecule has 1 aliphatic heterocycles. The number of hydrogen-bond donors (Lipinski definition) is 1. The van der Waals surface area contributed by atoms with Crippen molar-refractivity contribution in [2.75, 3.05) is 25.9 Å². The van der Waals surface area contributed by atoms with E-state index in [-0.39, 0.29) is 5.75 Å². The summed E-state index contributed by atoms with van der Waals surface area (Å²) < 4.78 is 25.4. The first-order chi connectivity index (χ1) is 12.3. The highest BCUT2D eigenvalue weighted by Crippen LogP contribution is 2.23. The normalized spacial score (nSPS) is 19.3. The average molecular weight is 376 g/mol. The lowest BCUT2D eigenvalue weighted by Crippen LogP contribution is -2.57. The fraction of sp³-hybridized carbons (Fsp3) is 0.471. The summed E-state index contributed by atoms with van der Waals surface area (Å²) in [6, 6.07) is 3.92. The highest BCUT2D eigenvalue weighted by atomic mass is 32.2. The van der Waals surface area contributed by atoms with Crippen molar-refractivity contribution in [1.82, 2.24) is 24.8 Å². The zero-order chi connectivity index (χ0) is 18.8. The van der Waals surface area contributed by atoms with Crippen LogP contribution in [0, 0.1) is 0 Å². The van der Waals surface area contributed by atoms with Gasteiger partial charge in [-0.3, -0.25) is 9.56 Å². The van der Waals surface area contributed by atoms with Gasteiger partial charge in [-0.25, -0.2) is 18.4 Å². The molecule has 0 amide bonds. The summed E-state index contributed by atoms with van der Waals surface area (Å²) in [7, 11) is -1.36. The van der Waals surface area contributed by atoms with E-state index in [1.165, 1.54) is 0 Å². The van der Waals surface area contributed by atoms with Crippen molar-refractivity contribution in [2.24, 2.45) is 4.99 Å². The van der Waals surface area contributed by atoms with Gasteiger partial charge in [-0.1, -0.05) is 6.07 Å². The maximum Gasteiger partial charge on any atom is 0.193 e. The molecule has 3 rings (SSSR count). The van der Waals surface area contributed by atoms with E-state index in [1.54, 1.807) is 39.6 Å². The lowest BCUT2D eigenvalue weighted by molar-refractivity contribution is 0.353. The van der Waals surface area contributed by atoms with Gasteiger partial charge in [-0.2, -0.15) is 0 Å². The van der Waals surface area contributed by atoms with Crippen LogP contribution in [0.2, 0.25) is 0 Å². The maximum absolute atomic E-state index is 12.2. The first-order valence-corrected chi connectivity index (χ1v) is 10.1. The molecule has 0 aliphatic carbocycles. The van der Waals surface area contributed by atoms with E-state index in [0.717, 1.165) is 11.4 Å². The van der Waals surface area contributed by atoms with E-state index in [1.807, 2.05) is 27.8 Å². The van der Waals surface area contributed by atoms with E-state index in [9.17, 15) is 8.42 Å². The quantitative estimate of drug-likeness (QED) is 0.631. The summed E-state index contributed by atoms with van der Waals surface area (Å²) in [5.74, 6) is 1.65. The molecule has 0 aromatic carbocycles. The van der Waals surface area contributed by atoms with Crippen LogP contribution in [0.4, 0.5) is 0 Å². The van der Waals surface area contributed by atoms with Gasteiger partial charge in [0.1, 0.15) is 12.1 Å². The average Bonchev–Trinajstić information content (AvgIpc) is 3.13. The number of imidazole rings is 1. The van der Waals surface area contributed by atoms with Crippen molar-refractivity contribution in [1.29, 1.82) is 0 Å². The summed E-state index contributed by atoms with van der Waals surface area (Å²) in [5, 5.41) is 3.30. The second-order valence-corrected chi connectivity index (χ2v) is 9.64. The van der Waals surface area contributed by atoms with Crippen LogP contribution in [0.3, 0.4) is 0 Å². The summed E-state index contributed by atoms with van der Waals surface area (Å²) >= 11 is 0. The van der Waals surface area contributed by atoms with Gasteiger partial charge in [0.25, 0.3) is 0 Å². The number of nitrogens with zero attached hydrogens (tertiary/aromatic N) is 5.